The summed E-state index contributed by atoms with van der Waals surface area (Å²) in [6, 6.07) is 11.6. The van der Waals surface area contributed by atoms with Crippen molar-refractivity contribution in [2.24, 2.45) is 0 Å². The molecule has 2 aromatic carbocycles. The highest BCUT2D eigenvalue weighted by atomic mass is 32.2. The molecule has 0 aliphatic carbocycles. The summed E-state index contributed by atoms with van der Waals surface area (Å²) >= 11 is 0. The van der Waals surface area contributed by atoms with Gasteiger partial charge in [-0.2, -0.15) is 4.31 Å². The van der Waals surface area contributed by atoms with Crippen molar-refractivity contribution in [2.45, 2.75) is 30.4 Å². The summed E-state index contributed by atoms with van der Waals surface area (Å²) in [5, 5.41) is 0.727. The third-order valence-electron chi connectivity index (χ3n) is 5.36. The lowest BCUT2D eigenvalue weighted by atomic mass is 10.1. The number of nitrogens with one attached hydrogen (secondary N) is 1. The highest BCUT2D eigenvalue weighted by Crippen LogP contribution is 2.24. The van der Waals surface area contributed by atoms with Crippen molar-refractivity contribution in [1.82, 2.24) is 9.29 Å². The molecule has 1 aliphatic rings. The first kappa shape index (κ1) is 21.5. The van der Waals surface area contributed by atoms with E-state index < -0.39 is 15.8 Å². The van der Waals surface area contributed by atoms with Crippen LogP contribution in [0.4, 0.5) is 4.39 Å². The molecule has 0 spiro atoms. The zero-order chi connectivity index (χ0) is 22.0. The molecular formula is C22H23FN2O5S. The van der Waals surface area contributed by atoms with Crippen LogP contribution in [-0.2, 0) is 21.3 Å². The predicted molar refractivity (Wildman–Crippen MR) is 114 cm³/mol. The van der Waals surface area contributed by atoms with Crippen LogP contribution in [0.2, 0.25) is 0 Å². The Balaban J connectivity index is 1.72. The lowest BCUT2D eigenvalue weighted by molar-refractivity contribution is 0.0925. The van der Waals surface area contributed by atoms with Gasteiger partial charge < -0.3 is 14.5 Å². The van der Waals surface area contributed by atoms with Gasteiger partial charge in [0.05, 0.1) is 18.1 Å². The number of fused-ring (bicyclic) bond motifs is 1. The third kappa shape index (κ3) is 4.63. The number of rotatable bonds is 7. The molecule has 1 aromatic heterocycles. The van der Waals surface area contributed by atoms with E-state index in [9.17, 15) is 17.6 Å². The van der Waals surface area contributed by atoms with E-state index in [1.807, 2.05) is 0 Å². The molecule has 4 rings (SSSR count). The Morgan fingerprint density at radius 1 is 1.19 bits per heavy atom. The number of hydrogen-bond acceptors (Lipinski definition) is 5. The van der Waals surface area contributed by atoms with E-state index in [-0.39, 0.29) is 29.6 Å². The van der Waals surface area contributed by atoms with Crippen LogP contribution >= 0.6 is 0 Å². The van der Waals surface area contributed by atoms with E-state index in [1.165, 1.54) is 16.4 Å². The maximum absolute atomic E-state index is 13.3. The average Bonchev–Trinajstić information content (AvgIpc) is 3.27. The second-order valence-electron chi connectivity index (χ2n) is 7.46. The summed E-state index contributed by atoms with van der Waals surface area (Å²) < 4.78 is 52.1. The Kier molecular flexibility index (Phi) is 6.08. The molecule has 1 atom stereocenters. The average molecular weight is 447 g/mol. The van der Waals surface area contributed by atoms with Gasteiger partial charge in [-0.1, -0.05) is 0 Å². The number of pyridine rings is 1. The number of halogens is 1. The van der Waals surface area contributed by atoms with Crippen LogP contribution in [0, 0.1) is 5.82 Å². The van der Waals surface area contributed by atoms with E-state index in [1.54, 1.807) is 31.4 Å². The minimum absolute atomic E-state index is 0.0363. The van der Waals surface area contributed by atoms with Gasteiger partial charge in [0.1, 0.15) is 11.6 Å². The molecule has 1 N–H and O–H groups in total. The van der Waals surface area contributed by atoms with Gasteiger partial charge in [0.15, 0.2) is 0 Å². The molecule has 3 aromatic rings. The number of benzene rings is 2. The van der Waals surface area contributed by atoms with Crippen LogP contribution in [0.3, 0.4) is 0 Å². The quantitative estimate of drug-likeness (QED) is 0.603. The van der Waals surface area contributed by atoms with Crippen molar-refractivity contribution in [3.05, 3.63) is 70.3 Å². The van der Waals surface area contributed by atoms with Crippen LogP contribution in [0.5, 0.6) is 5.75 Å². The molecule has 0 amide bonds. The lowest BCUT2D eigenvalue weighted by Gasteiger charge is -2.25. The summed E-state index contributed by atoms with van der Waals surface area (Å²) in [6.45, 7) is 0.544. The van der Waals surface area contributed by atoms with Crippen LogP contribution < -0.4 is 10.3 Å². The number of methoxy groups -OCH3 is 1. The van der Waals surface area contributed by atoms with Gasteiger partial charge in [-0.05, 0) is 61.4 Å². The molecule has 0 saturated carbocycles. The van der Waals surface area contributed by atoms with E-state index in [2.05, 4.69) is 4.98 Å². The van der Waals surface area contributed by atoms with Crippen LogP contribution in [-0.4, -0.2) is 44.1 Å². The molecule has 0 radical (unpaired) electrons. The smallest absolute Gasteiger partial charge is 0.252 e. The van der Waals surface area contributed by atoms with E-state index in [0.29, 0.717) is 23.4 Å². The van der Waals surface area contributed by atoms with Crippen molar-refractivity contribution in [1.29, 1.82) is 0 Å². The fourth-order valence-electron chi connectivity index (χ4n) is 3.68. The Morgan fingerprint density at radius 2 is 1.97 bits per heavy atom. The molecule has 0 unspecified atom stereocenters. The van der Waals surface area contributed by atoms with Crippen LogP contribution in [0.15, 0.2) is 58.2 Å². The highest BCUT2D eigenvalue weighted by Gasteiger charge is 2.30. The maximum atomic E-state index is 13.3. The zero-order valence-corrected chi connectivity index (χ0v) is 17.8. The van der Waals surface area contributed by atoms with Crippen molar-refractivity contribution in [2.75, 3.05) is 20.3 Å². The highest BCUT2D eigenvalue weighted by molar-refractivity contribution is 7.89. The van der Waals surface area contributed by atoms with E-state index in [0.717, 1.165) is 30.4 Å². The van der Waals surface area contributed by atoms with Gasteiger partial charge in [-0.25, -0.2) is 12.8 Å². The fourth-order valence-corrected chi connectivity index (χ4v) is 5.13. The standard InChI is InChI=1S/C22H23FN2O5S/c1-29-18-6-9-21-15(12-18)11-16(22(26)24-21)13-25(14-19-3-2-10-30-19)31(27,28)20-7-4-17(23)5-8-20/h4-9,11-12,19H,2-3,10,13-14H2,1H3,(H,24,26)/t19-/m1/s1. The van der Waals surface area contributed by atoms with E-state index in [4.69, 9.17) is 9.47 Å². The van der Waals surface area contributed by atoms with Crippen molar-refractivity contribution < 1.29 is 22.3 Å². The van der Waals surface area contributed by atoms with Crippen molar-refractivity contribution in [3.63, 3.8) is 0 Å². The Morgan fingerprint density at radius 3 is 2.65 bits per heavy atom. The number of aromatic amines is 1. The van der Waals surface area contributed by atoms with Gasteiger partial charge >= 0.3 is 0 Å². The van der Waals surface area contributed by atoms with Gasteiger partial charge in [0, 0.05) is 36.2 Å². The topological polar surface area (TPSA) is 88.7 Å². The summed E-state index contributed by atoms with van der Waals surface area (Å²) in [6.07, 6.45) is 1.33. The summed E-state index contributed by atoms with van der Waals surface area (Å²) in [4.78, 5) is 15.4. The predicted octanol–water partition coefficient (Wildman–Crippen LogP) is 3.05. The number of aromatic nitrogens is 1. The van der Waals surface area contributed by atoms with Gasteiger partial charge in [-0.15, -0.1) is 0 Å². The summed E-state index contributed by atoms with van der Waals surface area (Å²) in [5.74, 6) is 0.102. The SMILES string of the molecule is COc1ccc2[nH]c(=O)c(CN(C[C@H]3CCCO3)S(=O)(=O)c3ccc(F)cc3)cc2c1. The monoisotopic (exact) mass is 446 g/mol. The number of H-pyrrole nitrogens is 1. The first-order valence-corrected chi connectivity index (χ1v) is 11.4. The molecular weight excluding hydrogens is 423 g/mol. The fraction of sp³-hybridized carbons (Fsp3) is 0.318. The zero-order valence-electron chi connectivity index (χ0n) is 17.0. The molecule has 31 heavy (non-hydrogen) atoms. The van der Waals surface area contributed by atoms with Crippen LogP contribution in [0.1, 0.15) is 18.4 Å². The third-order valence-corrected chi connectivity index (χ3v) is 7.18. The maximum Gasteiger partial charge on any atom is 0.252 e. The van der Waals surface area contributed by atoms with Gasteiger partial charge in [-0.3, -0.25) is 4.79 Å². The number of ether oxygens (including phenoxy) is 2. The largest absolute Gasteiger partial charge is 0.497 e. The minimum Gasteiger partial charge on any atom is -0.497 e. The second kappa shape index (κ2) is 8.78. The van der Waals surface area contributed by atoms with Gasteiger partial charge in [0.2, 0.25) is 10.0 Å². The molecule has 0 bridgehead atoms. The Bertz CT molecular complexity index is 1230. The number of nitrogens with zero attached hydrogens (tertiary/aromatic N) is 1. The van der Waals surface area contributed by atoms with Crippen molar-refractivity contribution >= 4 is 20.9 Å². The molecule has 164 valence electrons. The van der Waals surface area contributed by atoms with Gasteiger partial charge in [0.25, 0.3) is 5.56 Å². The first-order chi connectivity index (χ1) is 14.9. The second-order valence-corrected chi connectivity index (χ2v) is 9.40. The molecule has 1 fully saturated rings. The lowest BCUT2D eigenvalue weighted by Crippen LogP contribution is -2.38. The molecule has 1 aliphatic heterocycles. The van der Waals surface area contributed by atoms with Crippen molar-refractivity contribution in [3.8, 4) is 5.75 Å². The normalized spacial score (nSPS) is 16.8. The van der Waals surface area contributed by atoms with Crippen LogP contribution in [0.25, 0.3) is 10.9 Å². The number of sulfonamides is 1. The first-order valence-electron chi connectivity index (χ1n) is 9.94. The van der Waals surface area contributed by atoms with E-state index >= 15 is 0 Å². The Hall–Kier alpha value is -2.75. The molecule has 1 saturated heterocycles. The summed E-state index contributed by atoms with van der Waals surface area (Å²) in [7, 11) is -2.43. The Labute approximate surface area is 179 Å². The summed E-state index contributed by atoms with van der Waals surface area (Å²) in [5.41, 5.74) is 0.551. The molecule has 7 nitrogen and oxygen atoms in total. The minimum atomic E-state index is -3.98. The number of hydrogen-bond donors (Lipinski definition) is 1. The molecule has 2 heterocycles. The molecule has 9 heteroatoms.